The van der Waals surface area contributed by atoms with Gasteiger partial charge in [-0.05, 0) is 24.3 Å². The van der Waals surface area contributed by atoms with Crippen LogP contribution < -0.4 is 0 Å². The minimum absolute atomic E-state index is 0.105. The fourth-order valence-electron chi connectivity index (χ4n) is 1.43. The van der Waals surface area contributed by atoms with Crippen LogP contribution in [0.5, 0.6) is 0 Å². The van der Waals surface area contributed by atoms with Crippen molar-refractivity contribution in [2.75, 3.05) is 0 Å². The van der Waals surface area contributed by atoms with Crippen molar-refractivity contribution in [3.05, 3.63) is 72.7 Å². The van der Waals surface area contributed by atoms with Crippen LogP contribution in [0.2, 0.25) is 0 Å². The lowest BCUT2D eigenvalue weighted by atomic mass is 10.4. The van der Waals surface area contributed by atoms with Crippen molar-refractivity contribution < 1.29 is 0 Å². The average molecular weight is 212 g/mol. The molecule has 0 bridgehead atoms. The average Bonchev–Trinajstić information content (AvgIpc) is 2.33. The molecule has 0 saturated carbocycles. The normalized spacial score (nSPS) is 10.2. The lowest BCUT2D eigenvalue weighted by molar-refractivity contribution is 1.39. The summed E-state index contributed by atoms with van der Waals surface area (Å²) in [7, 11) is -0.105. The van der Waals surface area contributed by atoms with Gasteiger partial charge in [0.1, 0.15) is 0 Å². The van der Waals surface area contributed by atoms with Gasteiger partial charge in [0, 0.05) is 0 Å². The third kappa shape index (κ3) is 2.31. The summed E-state index contributed by atoms with van der Waals surface area (Å²) in [6, 6.07) is 20.7. The first-order valence-electron chi connectivity index (χ1n) is 4.80. The predicted molar refractivity (Wildman–Crippen MR) is 65.7 cm³/mol. The predicted octanol–water partition coefficient (Wildman–Crippen LogP) is 3.67. The molecule has 0 amide bonds. The summed E-state index contributed by atoms with van der Waals surface area (Å²) in [5, 5.41) is 1.77. The van der Waals surface area contributed by atoms with Gasteiger partial charge in [-0.15, -0.1) is 0 Å². The Balaban J connectivity index is 2.38. The molecule has 0 aliphatic heterocycles. The van der Waals surface area contributed by atoms with Gasteiger partial charge in [-0.25, -0.2) is 0 Å². The Morgan fingerprint density at radius 1 is 0.733 bits per heavy atom. The second kappa shape index (κ2) is 4.85. The van der Waals surface area contributed by atoms with Crippen LogP contribution in [0, 0.1) is 6.58 Å². The number of hydrogen-bond donors (Lipinski definition) is 0. The zero-order valence-electron chi connectivity index (χ0n) is 8.34. The van der Waals surface area contributed by atoms with Gasteiger partial charge in [-0.2, -0.15) is 0 Å². The molecule has 0 radical (unpaired) electrons. The van der Waals surface area contributed by atoms with E-state index in [0.29, 0.717) is 0 Å². The van der Waals surface area contributed by atoms with Crippen molar-refractivity contribution >= 4 is 10.9 Å². The summed E-state index contributed by atoms with van der Waals surface area (Å²) in [6.07, 6.45) is 0. The zero-order valence-corrected chi connectivity index (χ0v) is 9.15. The van der Waals surface area contributed by atoms with Crippen LogP contribution >= 0.6 is 0 Å². The molecule has 0 nitrogen and oxygen atoms in total. The quantitative estimate of drug-likeness (QED) is 0.538. The molecule has 0 N–H and O–H groups in total. The maximum atomic E-state index is 5.72. The highest BCUT2D eigenvalue weighted by Crippen LogP contribution is 2.23. The Hall–Kier alpha value is -1.47. The highest BCUT2D eigenvalue weighted by atomic mass is 32.2. The molecule has 0 saturated heterocycles. The Morgan fingerprint density at radius 3 is 1.47 bits per heavy atom. The van der Waals surface area contributed by atoms with Crippen LogP contribution in [0.25, 0.3) is 0 Å². The molecule has 2 rings (SSSR count). The van der Waals surface area contributed by atoms with Gasteiger partial charge >= 0.3 is 0 Å². The van der Waals surface area contributed by atoms with Gasteiger partial charge < -0.3 is 6.58 Å². The third-order valence-corrected chi connectivity index (χ3v) is 3.96. The summed E-state index contributed by atoms with van der Waals surface area (Å²) in [5.41, 5.74) is 0. The Labute approximate surface area is 93.6 Å². The fourth-order valence-corrected chi connectivity index (χ4v) is 2.91. The first-order chi connectivity index (χ1) is 7.42. The van der Waals surface area contributed by atoms with Crippen molar-refractivity contribution in [1.29, 1.82) is 0 Å². The molecule has 2 aromatic carbocycles. The van der Waals surface area contributed by atoms with Crippen LogP contribution in [0.15, 0.2) is 75.9 Å². The lowest BCUT2D eigenvalue weighted by Gasteiger charge is -2.04. The topological polar surface area (TPSA) is 0 Å². The van der Waals surface area contributed by atoms with E-state index in [1.54, 1.807) is 5.41 Å². The Morgan fingerprint density at radius 2 is 1.13 bits per heavy atom. The largest absolute Gasteiger partial charge is 0.462 e. The third-order valence-electron chi connectivity index (χ3n) is 2.13. The van der Waals surface area contributed by atoms with E-state index in [9.17, 15) is 0 Å². The van der Waals surface area contributed by atoms with Gasteiger partial charge in [0.25, 0.3) is 0 Å². The molecule has 74 valence electrons. The van der Waals surface area contributed by atoms with E-state index >= 15 is 0 Å². The Kier molecular flexibility index (Phi) is 3.25. The van der Waals surface area contributed by atoms with Crippen LogP contribution in [-0.2, 0) is 10.9 Å². The van der Waals surface area contributed by atoms with E-state index in [-0.39, 0.29) is 10.9 Å². The molecule has 0 fully saturated rings. The minimum atomic E-state index is -0.105. The number of hydrogen-bond acceptors (Lipinski definition) is 0. The smallest absolute Gasteiger partial charge is 0.162 e. The van der Waals surface area contributed by atoms with Gasteiger partial charge in [-0.1, -0.05) is 41.8 Å². The van der Waals surface area contributed by atoms with Crippen molar-refractivity contribution in [1.82, 2.24) is 0 Å². The fraction of sp³-hybridized carbons (Fsp3) is 0. The van der Waals surface area contributed by atoms with Crippen molar-refractivity contribution in [3.63, 3.8) is 0 Å². The second-order valence-corrected chi connectivity index (χ2v) is 4.99. The lowest BCUT2D eigenvalue weighted by Crippen LogP contribution is -1.98. The highest BCUT2D eigenvalue weighted by molar-refractivity contribution is 7.99. The first kappa shape index (κ1) is 10.1. The zero-order chi connectivity index (χ0) is 10.5. The van der Waals surface area contributed by atoms with Crippen molar-refractivity contribution in [2.24, 2.45) is 0 Å². The van der Waals surface area contributed by atoms with Gasteiger partial charge in [-0.3, -0.25) is 0 Å². The van der Waals surface area contributed by atoms with Crippen LogP contribution in [-0.4, -0.2) is 0 Å². The molecule has 0 aromatic heterocycles. The molecule has 0 spiro atoms. The maximum absolute atomic E-state index is 5.72. The monoisotopic (exact) mass is 212 g/mol. The first-order valence-corrected chi connectivity index (χ1v) is 6.09. The van der Waals surface area contributed by atoms with E-state index in [2.05, 4.69) is 24.3 Å². The molecular weight excluding hydrogens is 200 g/mol. The van der Waals surface area contributed by atoms with Gasteiger partial charge in [0.2, 0.25) is 0 Å². The summed E-state index contributed by atoms with van der Waals surface area (Å²) in [5.74, 6) is 0. The van der Waals surface area contributed by atoms with E-state index in [4.69, 9.17) is 6.58 Å². The summed E-state index contributed by atoms with van der Waals surface area (Å²) in [6.45, 7) is 5.72. The molecule has 0 aliphatic rings. The van der Waals surface area contributed by atoms with E-state index in [1.807, 2.05) is 36.4 Å². The summed E-state index contributed by atoms with van der Waals surface area (Å²) >= 11 is 0. The van der Waals surface area contributed by atoms with E-state index in [0.717, 1.165) is 0 Å². The van der Waals surface area contributed by atoms with Crippen LogP contribution in [0.4, 0.5) is 0 Å². The molecule has 1 heteroatoms. The van der Waals surface area contributed by atoms with Gasteiger partial charge in [0.15, 0.2) is 9.79 Å². The standard InChI is InChI=1S/C14H12S/c1-2-15(13-9-5-3-6-10-13)14-11-7-4-8-12-14/h1-12H. The number of benzene rings is 2. The SMILES string of the molecule is [CH-]=C[S+](c1ccccc1)c1ccccc1. The maximum Gasteiger partial charge on any atom is 0.162 e. The molecular formula is C14H12S. The molecule has 15 heavy (non-hydrogen) atoms. The summed E-state index contributed by atoms with van der Waals surface area (Å²) < 4.78 is 0. The Bertz CT molecular complexity index is 380. The van der Waals surface area contributed by atoms with Crippen molar-refractivity contribution in [2.45, 2.75) is 9.79 Å². The van der Waals surface area contributed by atoms with Crippen LogP contribution in [0.1, 0.15) is 0 Å². The minimum Gasteiger partial charge on any atom is -0.462 e. The van der Waals surface area contributed by atoms with E-state index in [1.165, 1.54) is 9.79 Å². The van der Waals surface area contributed by atoms with Crippen LogP contribution in [0.3, 0.4) is 0 Å². The second-order valence-electron chi connectivity index (χ2n) is 3.10. The highest BCUT2D eigenvalue weighted by Gasteiger charge is 2.17. The van der Waals surface area contributed by atoms with Crippen molar-refractivity contribution in [3.8, 4) is 0 Å². The molecule has 0 atom stereocenters. The molecule has 0 aliphatic carbocycles. The molecule has 0 unspecified atom stereocenters. The van der Waals surface area contributed by atoms with E-state index < -0.39 is 0 Å². The molecule has 0 heterocycles. The molecule has 2 aromatic rings. The summed E-state index contributed by atoms with van der Waals surface area (Å²) in [4.78, 5) is 2.51. The number of rotatable bonds is 3. The van der Waals surface area contributed by atoms with Gasteiger partial charge in [0.05, 0.1) is 10.9 Å².